The number of nitrogens with zero attached hydrogens (tertiary/aromatic N) is 1. The summed E-state index contributed by atoms with van der Waals surface area (Å²) < 4.78 is 10.3. The molecule has 120 valence electrons. The van der Waals surface area contributed by atoms with Crippen LogP contribution in [0.3, 0.4) is 0 Å². The van der Waals surface area contributed by atoms with Crippen LogP contribution in [0.4, 0.5) is 0 Å². The van der Waals surface area contributed by atoms with E-state index in [1.807, 2.05) is 0 Å². The lowest BCUT2D eigenvalue weighted by atomic mass is 10.2. The molecule has 0 unspecified atom stereocenters. The molecule has 0 heterocycles. The van der Waals surface area contributed by atoms with Crippen molar-refractivity contribution in [3.05, 3.63) is 59.1 Å². The van der Waals surface area contributed by atoms with Crippen LogP contribution in [-0.2, 0) is 9.63 Å². The van der Waals surface area contributed by atoms with E-state index < -0.39 is 5.97 Å². The van der Waals surface area contributed by atoms with E-state index in [2.05, 4.69) is 5.16 Å². The minimum Gasteiger partial charge on any atom is -0.497 e. The molecule has 0 saturated heterocycles. The van der Waals surface area contributed by atoms with Gasteiger partial charge in [-0.3, -0.25) is 0 Å². The van der Waals surface area contributed by atoms with E-state index in [9.17, 15) is 4.79 Å². The monoisotopic (exact) mass is 334 g/mol. The van der Waals surface area contributed by atoms with Crippen molar-refractivity contribution in [1.29, 1.82) is 0 Å². The molecule has 2 rings (SSSR count). The quantitative estimate of drug-likeness (QED) is 0.380. The molecule has 2 aromatic carbocycles. The number of hydrogen-bond acceptors (Lipinski definition) is 5. The number of ether oxygens (including phenoxy) is 2. The molecule has 0 aliphatic heterocycles. The Hall–Kier alpha value is -2.73. The molecule has 0 fully saturated rings. The molecule has 7 heteroatoms. The molecule has 2 aromatic rings. The van der Waals surface area contributed by atoms with Crippen LogP contribution < -0.4 is 15.2 Å². The van der Waals surface area contributed by atoms with E-state index in [1.165, 1.54) is 0 Å². The fraction of sp³-hybridized carbons (Fsp3) is 0.125. The summed E-state index contributed by atoms with van der Waals surface area (Å²) in [5.41, 5.74) is 6.34. The van der Waals surface area contributed by atoms with E-state index in [0.717, 1.165) is 0 Å². The van der Waals surface area contributed by atoms with E-state index in [4.69, 9.17) is 31.6 Å². The zero-order chi connectivity index (χ0) is 16.7. The van der Waals surface area contributed by atoms with Gasteiger partial charge in [-0.05, 0) is 48.5 Å². The van der Waals surface area contributed by atoms with Crippen LogP contribution >= 0.6 is 11.6 Å². The van der Waals surface area contributed by atoms with Gasteiger partial charge in [0.2, 0.25) is 0 Å². The number of rotatable bonds is 6. The third kappa shape index (κ3) is 5.19. The molecule has 0 bridgehead atoms. The van der Waals surface area contributed by atoms with Crippen molar-refractivity contribution < 1.29 is 19.1 Å². The fourth-order valence-electron chi connectivity index (χ4n) is 1.61. The highest BCUT2D eigenvalue weighted by atomic mass is 35.5. The van der Waals surface area contributed by atoms with Crippen LogP contribution in [0.1, 0.15) is 5.56 Å². The topological polar surface area (TPSA) is 83.1 Å². The fourth-order valence-corrected chi connectivity index (χ4v) is 1.74. The van der Waals surface area contributed by atoms with Gasteiger partial charge < -0.3 is 20.0 Å². The Morgan fingerprint density at radius 2 is 1.70 bits per heavy atom. The number of oxime groups is 1. The van der Waals surface area contributed by atoms with Crippen LogP contribution in [0.5, 0.6) is 11.5 Å². The van der Waals surface area contributed by atoms with Crippen LogP contribution in [0, 0.1) is 0 Å². The van der Waals surface area contributed by atoms with E-state index in [-0.39, 0.29) is 12.4 Å². The summed E-state index contributed by atoms with van der Waals surface area (Å²) in [6.45, 7) is -0.291. The van der Waals surface area contributed by atoms with E-state index in [0.29, 0.717) is 22.1 Å². The first-order valence-electron chi connectivity index (χ1n) is 6.64. The van der Waals surface area contributed by atoms with Crippen molar-refractivity contribution in [2.24, 2.45) is 10.9 Å². The average molecular weight is 335 g/mol. The van der Waals surface area contributed by atoms with Crippen LogP contribution in [0.15, 0.2) is 53.7 Å². The molecule has 2 N–H and O–H groups in total. The number of hydrogen-bond donors (Lipinski definition) is 1. The SMILES string of the molecule is COc1ccc(/C(N)=N/OC(=O)COc2ccc(Cl)cc2)cc1. The molecule has 0 amide bonds. The van der Waals surface area contributed by atoms with E-state index in [1.54, 1.807) is 55.6 Å². The summed E-state index contributed by atoms with van der Waals surface area (Å²) in [5.74, 6) is 0.595. The molecule has 6 nitrogen and oxygen atoms in total. The van der Waals surface area contributed by atoms with Gasteiger partial charge in [0.15, 0.2) is 12.4 Å². The molecule has 0 atom stereocenters. The van der Waals surface area contributed by atoms with Gasteiger partial charge in [0.25, 0.3) is 0 Å². The summed E-state index contributed by atoms with van der Waals surface area (Å²) in [6, 6.07) is 13.5. The number of carbonyl (C=O) groups is 1. The van der Waals surface area contributed by atoms with Gasteiger partial charge in [0, 0.05) is 10.6 Å². The highest BCUT2D eigenvalue weighted by Gasteiger charge is 2.06. The summed E-state index contributed by atoms with van der Waals surface area (Å²) in [7, 11) is 1.56. The number of nitrogens with two attached hydrogens (primary N) is 1. The molecule has 0 saturated carbocycles. The maximum Gasteiger partial charge on any atom is 0.372 e. The van der Waals surface area contributed by atoms with Gasteiger partial charge in [-0.1, -0.05) is 16.8 Å². The first-order chi connectivity index (χ1) is 11.1. The summed E-state index contributed by atoms with van der Waals surface area (Å²) in [5, 5.41) is 4.16. The number of halogens is 1. The Morgan fingerprint density at radius 3 is 2.30 bits per heavy atom. The lowest BCUT2D eigenvalue weighted by Gasteiger charge is -2.05. The second-order valence-electron chi connectivity index (χ2n) is 4.41. The largest absolute Gasteiger partial charge is 0.497 e. The summed E-state index contributed by atoms with van der Waals surface area (Å²) in [6.07, 6.45) is 0. The third-order valence-electron chi connectivity index (χ3n) is 2.80. The number of amidine groups is 1. The molecule has 23 heavy (non-hydrogen) atoms. The maximum absolute atomic E-state index is 11.6. The number of methoxy groups -OCH3 is 1. The maximum atomic E-state index is 11.6. The lowest BCUT2D eigenvalue weighted by Crippen LogP contribution is -2.17. The van der Waals surface area contributed by atoms with Crippen molar-refractivity contribution in [3.8, 4) is 11.5 Å². The van der Waals surface area contributed by atoms with Crippen molar-refractivity contribution in [3.63, 3.8) is 0 Å². The minimum atomic E-state index is -0.670. The van der Waals surface area contributed by atoms with Crippen molar-refractivity contribution in [2.45, 2.75) is 0 Å². The first-order valence-corrected chi connectivity index (χ1v) is 7.02. The second-order valence-corrected chi connectivity index (χ2v) is 4.85. The molecule has 0 aliphatic carbocycles. The van der Waals surface area contributed by atoms with Gasteiger partial charge in [0.1, 0.15) is 11.5 Å². The zero-order valence-electron chi connectivity index (χ0n) is 12.4. The average Bonchev–Trinajstić information content (AvgIpc) is 2.59. The number of benzene rings is 2. The second kappa shape index (κ2) is 8.05. The van der Waals surface area contributed by atoms with Gasteiger partial charge in [-0.2, -0.15) is 0 Å². The van der Waals surface area contributed by atoms with Crippen LogP contribution in [0.2, 0.25) is 5.02 Å². The van der Waals surface area contributed by atoms with Crippen LogP contribution in [-0.4, -0.2) is 25.5 Å². The van der Waals surface area contributed by atoms with Gasteiger partial charge in [-0.25, -0.2) is 4.79 Å². The molecular weight excluding hydrogens is 320 g/mol. The van der Waals surface area contributed by atoms with Crippen LogP contribution in [0.25, 0.3) is 0 Å². The molecule has 0 spiro atoms. The molecule has 0 aromatic heterocycles. The Balaban J connectivity index is 1.85. The highest BCUT2D eigenvalue weighted by molar-refractivity contribution is 6.30. The first kappa shape index (κ1) is 16.6. The lowest BCUT2D eigenvalue weighted by molar-refractivity contribution is -0.146. The predicted octanol–water partition coefficient (Wildman–Crippen LogP) is 2.59. The third-order valence-corrected chi connectivity index (χ3v) is 3.05. The van der Waals surface area contributed by atoms with Gasteiger partial charge in [-0.15, -0.1) is 0 Å². The highest BCUT2D eigenvalue weighted by Crippen LogP contribution is 2.15. The Kier molecular flexibility index (Phi) is 5.82. The summed E-state index contributed by atoms with van der Waals surface area (Å²) in [4.78, 5) is 16.3. The Morgan fingerprint density at radius 1 is 1.09 bits per heavy atom. The Bertz CT molecular complexity index is 684. The standard InChI is InChI=1S/C16H15ClN2O4/c1-21-13-6-2-11(3-7-13)16(18)19-23-15(20)10-22-14-8-4-12(17)5-9-14/h2-9H,10H2,1H3,(H2,18,19). The van der Waals surface area contributed by atoms with Crippen molar-refractivity contribution >= 4 is 23.4 Å². The minimum absolute atomic E-state index is 0.0764. The van der Waals surface area contributed by atoms with Gasteiger partial charge >= 0.3 is 5.97 Å². The van der Waals surface area contributed by atoms with Crippen molar-refractivity contribution in [2.75, 3.05) is 13.7 Å². The molecular formula is C16H15ClN2O4. The zero-order valence-corrected chi connectivity index (χ0v) is 13.1. The van der Waals surface area contributed by atoms with Crippen molar-refractivity contribution in [1.82, 2.24) is 0 Å². The van der Waals surface area contributed by atoms with Gasteiger partial charge in [0.05, 0.1) is 7.11 Å². The molecule has 0 radical (unpaired) electrons. The smallest absolute Gasteiger partial charge is 0.372 e. The predicted molar refractivity (Wildman–Crippen MR) is 86.8 cm³/mol. The summed E-state index contributed by atoms with van der Waals surface area (Å²) >= 11 is 5.75. The number of carbonyl (C=O) groups excluding carboxylic acids is 1. The Labute approximate surface area is 138 Å². The van der Waals surface area contributed by atoms with E-state index >= 15 is 0 Å². The normalized spacial score (nSPS) is 11.0. The molecule has 0 aliphatic rings.